The van der Waals surface area contributed by atoms with E-state index in [0.717, 1.165) is 19.6 Å². The summed E-state index contributed by atoms with van der Waals surface area (Å²) in [6.07, 6.45) is 3.82. The predicted octanol–water partition coefficient (Wildman–Crippen LogP) is 0.773. The van der Waals surface area contributed by atoms with Gasteiger partial charge in [-0.2, -0.15) is 0 Å². The van der Waals surface area contributed by atoms with Crippen LogP contribution in [0.4, 0.5) is 0 Å². The number of hydrogen-bond donors (Lipinski definition) is 1. The molecule has 1 atom stereocenters. The number of carbonyl (C=O) groups is 1. The van der Waals surface area contributed by atoms with E-state index in [0.29, 0.717) is 11.5 Å². The van der Waals surface area contributed by atoms with E-state index in [1.54, 1.807) is 0 Å². The van der Waals surface area contributed by atoms with Gasteiger partial charge in [0.25, 0.3) is 0 Å². The maximum absolute atomic E-state index is 11.3. The molecule has 3 nitrogen and oxygen atoms in total. The molecule has 2 rings (SSSR count). The number of piperidine rings is 1. The monoisotopic (exact) mass is 194 g/mol. The lowest BCUT2D eigenvalue weighted by Gasteiger charge is -2.53. The normalized spacial score (nSPS) is 29.8. The summed E-state index contributed by atoms with van der Waals surface area (Å²) in [6.45, 7) is 8.69. The number of carbonyl (C=O) groups excluding carboxylic acids is 1. The van der Waals surface area contributed by atoms with E-state index in [1.165, 1.54) is 18.9 Å². The van der Waals surface area contributed by atoms with Crippen LogP contribution in [0.15, 0.2) is 12.7 Å². The fourth-order valence-corrected chi connectivity index (χ4v) is 2.74. The minimum absolute atomic E-state index is 0.0850. The first-order valence-electron chi connectivity index (χ1n) is 5.30. The Bertz CT molecular complexity index is 256. The number of rotatable bonds is 1. The second kappa shape index (κ2) is 3.39. The lowest BCUT2D eigenvalue weighted by molar-refractivity contribution is -0.140. The Kier molecular flexibility index (Phi) is 2.35. The highest BCUT2D eigenvalue weighted by Crippen LogP contribution is 2.40. The zero-order valence-electron chi connectivity index (χ0n) is 8.75. The number of amides is 1. The molecule has 2 saturated heterocycles. The summed E-state index contributed by atoms with van der Waals surface area (Å²) in [5.74, 6) is 0.0850. The van der Waals surface area contributed by atoms with Crippen molar-refractivity contribution in [2.45, 2.75) is 25.8 Å². The third-order valence-corrected chi connectivity index (χ3v) is 3.43. The van der Waals surface area contributed by atoms with Crippen LogP contribution in [-0.4, -0.2) is 36.5 Å². The maximum Gasteiger partial charge on any atom is 0.245 e. The zero-order valence-corrected chi connectivity index (χ0v) is 8.75. The van der Waals surface area contributed by atoms with Gasteiger partial charge in [0.1, 0.15) is 0 Å². The van der Waals surface area contributed by atoms with Crippen molar-refractivity contribution in [2.75, 3.05) is 19.6 Å². The van der Waals surface area contributed by atoms with Crippen molar-refractivity contribution < 1.29 is 4.79 Å². The fraction of sp³-hybridized carbons (Fsp3) is 0.727. The van der Waals surface area contributed by atoms with Gasteiger partial charge in [0.2, 0.25) is 5.91 Å². The molecule has 0 aliphatic carbocycles. The maximum atomic E-state index is 11.3. The predicted molar refractivity (Wildman–Crippen MR) is 55.9 cm³/mol. The highest BCUT2D eigenvalue weighted by molar-refractivity contribution is 5.87. The molecule has 2 aliphatic rings. The van der Waals surface area contributed by atoms with Gasteiger partial charge in [-0.3, -0.25) is 4.79 Å². The summed E-state index contributed by atoms with van der Waals surface area (Å²) in [6, 6.07) is 0.602. The fourth-order valence-electron chi connectivity index (χ4n) is 2.74. The molecular weight excluding hydrogens is 176 g/mol. The van der Waals surface area contributed by atoms with Crippen LogP contribution in [0.1, 0.15) is 19.8 Å². The molecule has 0 unspecified atom stereocenters. The Morgan fingerprint density at radius 1 is 1.64 bits per heavy atom. The van der Waals surface area contributed by atoms with Crippen LogP contribution >= 0.6 is 0 Å². The average molecular weight is 194 g/mol. The quantitative estimate of drug-likeness (QED) is 0.625. The molecule has 2 aliphatic heterocycles. The molecule has 1 spiro atoms. The van der Waals surface area contributed by atoms with Crippen LogP contribution in [0, 0.1) is 5.41 Å². The van der Waals surface area contributed by atoms with Gasteiger partial charge in [-0.05, 0) is 32.4 Å². The van der Waals surface area contributed by atoms with Gasteiger partial charge in [-0.15, -0.1) is 0 Å². The Morgan fingerprint density at radius 3 is 2.93 bits per heavy atom. The van der Waals surface area contributed by atoms with Gasteiger partial charge in [-0.1, -0.05) is 6.58 Å². The van der Waals surface area contributed by atoms with Crippen molar-refractivity contribution in [3.63, 3.8) is 0 Å². The third-order valence-electron chi connectivity index (χ3n) is 3.43. The van der Waals surface area contributed by atoms with Crippen molar-refractivity contribution in [1.82, 2.24) is 10.2 Å². The van der Waals surface area contributed by atoms with E-state index >= 15 is 0 Å². The largest absolute Gasteiger partial charge is 0.338 e. The van der Waals surface area contributed by atoms with Gasteiger partial charge in [0.05, 0.1) is 0 Å². The molecule has 1 N–H and O–H groups in total. The van der Waals surface area contributed by atoms with Crippen LogP contribution in [0.5, 0.6) is 0 Å². The molecule has 0 aromatic carbocycles. The second-order valence-electron chi connectivity index (χ2n) is 4.71. The van der Waals surface area contributed by atoms with Crippen molar-refractivity contribution in [3.8, 4) is 0 Å². The molecule has 78 valence electrons. The van der Waals surface area contributed by atoms with Gasteiger partial charge in [-0.25, -0.2) is 0 Å². The molecule has 0 saturated carbocycles. The SMILES string of the molecule is C=CC(=O)N1CC2(CCN[C@@H](C)C2)C1. The first kappa shape index (κ1) is 9.71. The van der Waals surface area contributed by atoms with E-state index in [-0.39, 0.29) is 5.91 Å². The van der Waals surface area contributed by atoms with Crippen LogP contribution in [-0.2, 0) is 4.79 Å². The second-order valence-corrected chi connectivity index (χ2v) is 4.71. The minimum atomic E-state index is 0.0850. The zero-order chi connectivity index (χ0) is 10.2. The highest BCUT2D eigenvalue weighted by atomic mass is 16.2. The molecule has 1 amide bonds. The summed E-state index contributed by atoms with van der Waals surface area (Å²) in [7, 11) is 0. The van der Waals surface area contributed by atoms with E-state index in [4.69, 9.17) is 0 Å². The smallest absolute Gasteiger partial charge is 0.245 e. The van der Waals surface area contributed by atoms with Crippen LogP contribution in [0.2, 0.25) is 0 Å². The van der Waals surface area contributed by atoms with Crippen LogP contribution in [0.25, 0.3) is 0 Å². The van der Waals surface area contributed by atoms with E-state index in [1.807, 2.05) is 4.90 Å². The summed E-state index contributed by atoms with van der Waals surface area (Å²) in [5, 5.41) is 3.44. The number of nitrogens with one attached hydrogen (secondary N) is 1. The average Bonchev–Trinajstić information content (AvgIpc) is 2.13. The van der Waals surface area contributed by atoms with Crippen molar-refractivity contribution >= 4 is 5.91 Å². The van der Waals surface area contributed by atoms with Crippen molar-refractivity contribution in [1.29, 1.82) is 0 Å². The van der Waals surface area contributed by atoms with Crippen LogP contribution < -0.4 is 5.32 Å². The topological polar surface area (TPSA) is 32.3 Å². The van der Waals surface area contributed by atoms with E-state index in [2.05, 4.69) is 18.8 Å². The molecule has 3 heteroatoms. The van der Waals surface area contributed by atoms with Crippen LogP contribution in [0.3, 0.4) is 0 Å². The molecule has 2 heterocycles. The molecule has 0 aromatic rings. The molecule has 0 aromatic heterocycles. The highest BCUT2D eigenvalue weighted by Gasteiger charge is 2.46. The third kappa shape index (κ3) is 1.57. The number of hydrogen-bond acceptors (Lipinski definition) is 2. The number of nitrogens with zero attached hydrogens (tertiary/aromatic N) is 1. The Labute approximate surface area is 85.2 Å². The lowest BCUT2D eigenvalue weighted by atomic mass is 9.70. The molecule has 0 radical (unpaired) electrons. The van der Waals surface area contributed by atoms with Gasteiger partial charge >= 0.3 is 0 Å². The van der Waals surface area contributed by atoms with Crippen molar-refractivity contribution in [3.05, 3.63) is 12.7 Å². The van der Waals surface area contributed by atoms with E-state index < -0.39 is 0 Å². The van der Waals surface area contributed by atoms with Gasteiger partial charge < -0.3 is 10.2 Å². The number of likely N-dealkylation sites (tertiary alicyclic amines) is 1. The minimum Gasteiger partial charge on any atom is -0.338 e. The van der Waals surface area contributed by atoms with Crippen molar-refractivity contribution in [2.24, 2.45) is 5.41 Å². The lowest BCUT2D eigenvalue weighted by Crippen LogP contribution is -2.62. The first-order valence-corrected chi connectivity index (χ1v) is 5.30. The Balaban J connectivity index is 1.90. The van der Waals surface area contributed by atoms with E-state index in [9.17, 15) is 4.79 Å². The molecular formula is C11H18N2O. The summed E-state index contributed by atoms with van der Waals surface area (Å²) < 4.78 is 0. The standard InChI is InChI=1S/C11H18N2O/c1-3-10(14)13-7-11(8-13)4-5-12-9(2)6-11/h3,9,12H,1,4-8H2,2H3/t9-/m0/s1. The summed E-state index contributed by atoms with van der Waals surface area (Å²) >= 11 is 0. The van der Waals surface area contributed by atoms with Gasteiger partial charge in [0.15, 0.2) is 0 Å². The summed E-state index contributed by atoms with van der Waals surface area (Å²) in [5.41, 5.74) is 0.420. The molecule has 0 bridgehead atoms. The summed E-state index contributed by atoms with van der Waals surface area (Å²) in [4.78, 5) is 13.2. The molecule has 14 heavy (non-hydrogen) atoms. The first-order chi connectivity index (χ1) is 6.65. The Morgan fingerprint density at radius 2 is 2.36 bits per heavy atom. The Hall–Kier alpha value is -0.830. The molecule has 2 fully saturated rings. The van der Waals surface area contributed by atoms with Gasteiger partial charge in [0, 0.05) is 24.5 Å².